The Morgan fingerprint density at radius 1 is 1.24 bits per heavy atom. The normalized spacial score (nSPS) is 13.1. The summed E-state index contributed by atoms with van der Waals surface area (Å²) in [6.07, 6.45) is 1.61. The number of aromatic nitrogens is 1. The number of Topliss-reactive ketones (excluding diaryl/α,β-unsaturated/α-hetero) is 1. The van der Waals surface area contributed by atoms with Crippen molar-refractivity contribution in [1.29, 1.82) is 5.26 Å². The first-order valence-corrected chi connectivity index (χ1v) is 7.77. The fraction of sp³-hybridized carbons (Fsp3) is 0.235. The van der Waals surface area contributed by atoms with Crippen molar-refractivity contribution in [1.82, 2.24) is 4.98 Å². The van der Waals surface area contributed by atoms with Gasteiger partial charge in [-0.15, -0.1) is 11.8 Å². The predicted molar refractivity (Wildman–Crippen MR) is 84.8 cm³/mol. The molecule has 106 valence electrons. The molecule has 1 aromatic carbocycles. The van der Waals surface area contributed by atoms with Gasteiger partial charge in [0.1, 0.15) is 5.92 Å². The highest BCUT2D eigenvalue weighted by molar-refractivity contribution is 7.99. The van der Waals surface area contributed by atoms with E-state index in [1.165, 1.54) is 5.56 Å². The molecule has 2 aromatic rings. The summed E-state index contributed by atoms with van der Waals surface area (Å²) in [5, 5.41) is 9.02. The maximum Gasteiger partial charge on any atom is 0.168 e. The lowest BCUT2D eigenvalue weighted by atomic mass is 9.99. The number of thioether (sulfide) groups is 1. The number of carbonyl (C=O) groups excluding carboxylic acids is 1. The lowest BCUT2D eigenvalue weighted by Crippen LogP contribution is -2.22. The van der Waals surface area contributed by atoms with Crippen LogP contribution in [0.4, 0.5) is 0 Å². The Bertz CT molecular complexity index is 622. The first kappa shape index (κ1) is 15.3. The van der Waals surface area contributed by atoms with Crippen molar-refractivity contribution in [3.05, 3.63) is 66.0 Å². The SMILES string of the molecule is CC(SCc1ccccc1)C(=O)C(C#N)c1ccccn1. The number of nitrogens with zero attached hydrogens (tertiary/aromatic N) is 2. The monoisotopic (exact) mass is 296 g/mol. The van der Waals surface area contributed by atoms with Gasteiger partial charge in [0.25, 0.3) is 0 Å². The summed E-state index contributed by atoms with van der Waals surface area (Å²) in [5.74, 6) is -0.115. The number of carbonyl (C=O) groups is 1. The Morgan fingerprint density at radius 2 is 1.95 bits per heavy atom. The van der Waals surface area contributed by atoms with Crippen LogP contribution < -0.4 is 0 Å². The number of rotatable bonds is 6. The predicted octanol–water partition coefficient (Wildman–Crippen LogP) is 3.58. The van der Waals surface area contributed by atoms with Crippen molar-refractivity contribution in [3.63, 3.8) is 0 Å². The van der Waals surface area contributed by atoms with Crippen LogP contribution in [0.3, 0.4) is 0 Å². The molecule has 0 radical (unpaired) electrons. The van der Waals surface area contributed by atoms with Gasteiger partial charge in [0.2, 0.25) is 0 Å². The molecule has 2 atom stereocenters. The highest BCUT2D eigenvalue weighted by Gasteiger charge is 2.26. The average molecular weight is 296 g/mol. The summed E-state index contributed by atoms with van der Waals surface area (Å²) < 4.78 is 0. The standard InChI is InChI=1S/C17H16N2OS/c1-13(21-12-14-7-3-2-4-8-14)17(20)15(11-18)16-9-5-6-10-19-16/h2-10,13,15H,12H2,1H3. The second-order valence-electron chi connectivity index (χ2n) is 4.66. The van der Waals surface area contributed by atoms with E-state index < -0.39 is 5.92 Å². The van der Waals surface area contributed by atoms with E-state index in [0.717, 1.165) is 5.75 Å². The second kappa shape index (κ2) is 7.61. The molecular weight excluding hydrogens is 280 g/mol. The van der Waals surface area contributed by atoms with Gasteiger partial charge in [-0.05, 0) is 24.6 Å². The summed E-state index contributed by atoms with van der Waals surface area (Å²) in [6.45, 7) is 1.85. The topological polar surface area (TPSA) is 53.8 Å². The third kappa shape index (κ3) is 4.17. The summed E-state index contributed by atoms with van der Waals surface area (Å²) in [7, 11) is 0. The molecule has 0 aliphatic carbocycles. The van der Waals surface area contributed by atoms with Crippen molar-refractivity contribution < 1.29 is 4.79 Å². The van der Waals surface area contributed by atoms with E-state index in [0.29, 0.717) is 5.69 Å². The lowest BCUT2D eigenvalue weighted by Gasteiger charge is -2.14. The minimum atomic E-state index is -0.788. The van der Waals surface area contributed by atoms with Crippen LogP contribution in [0.1, 0.15) is 24.1 Å². The molecule has 0 amide bonds. The Kier molecular flexibility index (Phi) is 5.53. The third-order valence-corrected chi connectivity index (χ3v) is 4.37. The van der Waals surface area contributed by atoms with Crippen LogP contribution in [-0.2, 0) is 10.5 Å². The third-order valence-electron chi connectivity index (χ3n) is 3.14. The molecule has 4 heteroatoms. The Hall–Kier alpha value is -2.12. The van der Waals surface area contributed by atoms with Crippen LogP contribution >= 0.6 is 11.8 Å². The number of ketones is 1. The highest BCUT2D eigenvalue weighted by Crippen LogP contribution is 2.24. The average Bonchev–Trinajstić information content (AvgIpc) is 2.55. The molecule has 0 saturated carbocycles. The molecule has 2 unspecified atom stereocenters. The molecule has 0 aliphatic rings. The van der Waals surface area contributed by atoms with Gasteiger partial charge < -0.3 is 0 Å². The van der Waals surface area contributed by atoms with E-state index in [4.69, 9.17) is 0 Å². The van der Waals surface area contributed by atoms with Gasteiger partial charge in [0.15, 0.2) is 5.78 Å². The Labute approximate surface area is 129 Å². The molecule has 0 bridgehead atoms. The minimum absolute atomic E-state index is 0.0860. The molecule has 21 heavy (non-hydrogen) atoms. The van der Waals surface area contributed by atoms with Crippen LogP contribution in [0.5, 0.6) is 0 Å². The van der Waals surface area contributed by atoms with Crippen molar-refractivity contribution >= 4 is 17.5 Å². The van der Waals surface area contributed by atoms with Crippen LogP contribution in [0.2, 0.25) is 0 Å². The van der Waals surface area contributed by atoms with E-state index in [1.807, 2.05) is 37.3 Å². The summed E-state index contributed by atoms with van der Waals surface area (Å²) >= 11 is 1.55. The van der Waals surface area contributed by atoms with E-state index in [2.05, 4.69) is 11.1 Å². The van der Waals surface area contributed by atoms with Crippen molar-refractivity contribution in [2.75, 3.05) is 0 Å². The van der Waals surface area contributed by atoms with Crippen LogP contribution in [-0.4, -0.2) is 16.0 Å². The van der Waals surface area contributed by atoms with Gasteiger partial charge in [-0.25, -0.2) is 0 Å². The van der Waals surface area contributed by atoms with Crippen molar-refractivity contribution in [2.45, 2.75) is 23.8 Å². The Balaban J connectivity index is 2.00. The lowest BCUT2D eigenvalue weighted by molar-refractivity contribution is -0.118. The Morgan fingerprint density at radius 3 is 2.57 bits per heavy atom. The van der Waals surface area contributed by atoms with Gasteiger partial charge in [-0.3, -0.25) is 9.78 Å². The van der Waals surface area contributed by atoms with Crippen LogP contribution in [0, 0.1) is 11.3 Å². The van der Waals surface area contributed by atoms with Gasteiger partial charge in [0.05, 0.1) is 17.0 Å². The molecule has 0 fully saturated rings. The van der Waals surface area contributed by atoms with Crippen LogP contribution in [0.25, 0.3) is 0 Å². The van der Waals surface area contributed by atoms with Gasteiger partial charge in [-0.1, -0.05) is 36.4 Å². The smallest absolute Gasteiger partial charge is 0.168 e. The van der Waals surface area contributed by atoms with E-state index >= 15 is 0 Å². The number of benzene rings is 1. The van der Waals surface area contributed by atoms with Gasteiger partial charge in [0, 0.05) is 11.9 Å². The first-order valence-electron chi connectivity index (χ1n) is 6.72. The fourth-order valence-electron chi connectivity index (χ4n) is 1.93. The van der Waals surface area contributed by atoms with Gasteiger partial charge in [-0.2, -0.15) is 5.26 Å². The zero-order valence-corrected chi connectivity index (χ0v) is 12.6. The zero-order chi connectivity index (χ0) is 15.1. The quantitative estimate of drug-likeness (QED) is 0.817. The summed E-state index contributed by atoms with van der Waals surface area (Å²) in [6, 6.07) is 17.4. The molecule has 0 N–H and O–H groups in total. The molecule has 0 spiro atoms. The molecular formula is C17H16N2OS. The molecule has 0 saturated heterocycles. The molecule has 2 rings (SSSR count). The summed E-state index contributed by atoms with van der Waals surface area (Å²) in [4.78, 5) is 16.5. The number of hydrogen-bond donors (Lipinski definition) is 0. The number of nitriles is 1. The maximum absolute atomic E-state index is 12.4. The molecule has 0 aliphatic heterocycles. The fourth-order valence-corrected chi connectivity index (χ4v) is 2.87. The van der Waals surface area contributed by atoms with E-state index in [9.17, 15) is 10.1 Å². The van der Waals surface area contributed by atoms with Crippen LogP contribution in [0.15, 0.2) is 54.7 Å². The molecule has 3 nitrogen and oxygen atoms in total. The first-order chi connectivity index (χ1) is 10.2. The number of pyridine rings is 1. The highest BCUT2D eigenvalue weighted by atomic mass is 32.2. The second-order valence-corrected chi connectivity index (χ2v) is 5.99. The van der Waals surface area contributed by atoms with Crippen molar-refractivity contribution in [3.8, 4) is 6.07 Å². The van der Waals surface area contributed by atoms with E-state index in [-0.39, 0.29) is 11.0 Å². The maximum atomic E-state index is 12.4. The zero-order valence-electron chi connectivity index (χ0n) is 11.8. The number of hydrogen-bond acceptors (Lipinski definition) is 4. The molecule has 1 aromatic heterocycles. The molecule has 1 heterocycles. The largest absolute Gasteiger partial charge is 0.297 e. The minimum Gasteiger partial charge on any atom is -0.297 e. The van der Waals surface area contributed by atoms with Gasteiger partial charge >= 0.3 is 0 Å². The van der Waals surface area contributed by atoms with E-state index in [1.54, 1.807) is 36.2 Å². The summed E-state index contributed by atoms with van der Waals surface area (Å²) in [5.41, 5.74) is 1.70. The van der Waals surface area contributed by atoms with Crippen molar-refractivity contribution in [2.24, 2.45) is 0 Å².